The second-order valence-corrected chi connectivity index (χ2v) is 3.66. The first kappa shape index (κ1) is 9.96. The lowest BCUT2D eigenvalue weighted by Gasteiger charge is -2.11. The van der Waals surface area contributed by atoms with Gasteiger partial charge in [-0.3, -0.25) is 0 Å². The lowest BCUT2D eigenvalue weighted by atomic mass is 10.2. The van der Waals surface area contributed by atoms with Crippen LogP contribution < -0.4 is 4.84 Å². The van der Waals surface area contributed by atoms with Crippen LogP contribution in [0.5, 0.6) is 0 Å². The van der Waals surface area contributed by atoms with Crippen LogP contribution in [-0.4, -0.2) is 21.3 Å². The fourth-order valence-corrected chi connectivity index (χ4v) is 1.55. The van der Waals surface area contributed by atoms with Crippen LogP contribution in [0, 0.1) is 0 Å². The first-order chi connectivity index (χ1) is 7.31. The van der Waals surface area contributed by atoms with Crippen molar-refractivity contribution in [1.82, 2.24) is 15.2 Å². The highest BCUT2D eigenvalue weighted by atomic mass is 16.7. The van der Waals surface area contributed by atoms with E-state index in [1.165, 1.54) is 4.85 Å². The zero-order valence-corrected chi connectivity index (χ0v) is 9.05. The summed E-state index contributed by atoms with van der Waals surface area (Å²) in [6.07, 6.45) is 2.29. The van der Waals surface area contributed by atoms with Gasteiger partial charge < -0.3 is 4.84 Å². The van der Waals surface area contributed by atoms with Crippen LogP contribution in [0.3, 0.4) is 0 Å². The van der Waals surface area contributed by atoms with Crippen molar-refractivity contribution in [3.8, 4) is 0 Å². The zero-order valence-electron chi connectivity index (χ0n) is 9.05. The molecule has 0 aliphatic carbocycles. The molecule has 2 rings (SSSR count). The summed E-state index contributed by atoms with van der Waals surface area (Å²) in [5, 5.41) is 7.98. The first-order valence-electron chi connectivity index (χ1n) is 5.29. The third kappa shape index (κ3) is 2.09. The van der Waals surface area contributed by atoms with Gasteiger partial charge in [-0.2, -0.15) is 0 Å². The third-order valence-corrected chi connectivity index (χ3v) is 2.30. The van der Waals surface area contributed by atoms with E-state index in [-0.39, 0.29) is 6.10 Å². The molecular formula is C11H15N3O. The summed E-state index contributed by atoms with van der Waals surface area (Å²) in [5.41, 5.74) is 1.78. The second-order valence-electron chi connectivity index (χ2n) is 3.66. The van der Waals surface area contributed by atoms with Crippen LogP contribution in [0.25, 0.3) is 11.0 Å². The molecule has 1 aromatic carbocycles. The highest BCUT2D eigenvalue weighted by Crippen LogP contribution is 2.09. The van der Waals surface area contributed by atoms with E-state index in [1.54, 1.807) is 0 Å². The first-order valence-corrected chi connectivity index (χ1v) is 5.29. The number of fused-ring (bicyclic) bond motifs is 1. The van der Waals surface area contributed by atoms with Crippen molar-refractivity contribution < 1.29 is 4.84 Å². The Kier molecular flexibility index (Phi) is 2.85. The van der Waals surface area contributed by atoms with Crippen LogP contribution in [-0.2, 0) is 0 Å². The van der Waals surface area contributed by atoms with Crippen molar-refractivity contribution in [2.24, 2.45) is 0 Å². The second kappa shape index (κ2) is 4.29. The normalized spacial score (nSPS) is 12.9. The molecule has 0 fully saturated rings. The van der Waals surface area contributed by atoms with Gasteiger partial charge in [0.15, 0.2) is 0 Å². The number of hydrogen-bond donors (Lipinski definition) is 0. The monoisotopic (exact) mass is 205 g/mol. The molecule has 15 heavy (non-hydrogen) atoms. The van der Waals surface area contributed by atoms with Crippen LogP contribution in [0.4, 0.5) is 0 Å². The molecule has 0 saturated heterocycles. The molecule has 80 valence electrons. The summed E-state index contributed by atoms with van der Waals surface area (Å²) >= 11 is 0. The molecule has 0 saturated carbocycles. The summed E-state index contributed by atoms with van der Waals surface area (Å²) in [4.78, 5) is 7.16. The number of rotatable bonds is 4. The zero-order chi connectivity index (χ0) is 10.7. The van der Waals surface area contributed by atoms with E-state index in [0.29, 0.717) is 0 Å². The van der Waals surface area contributed by atoms with Crippen LogP contribution >= 0.6 is 0 Å². The Balaban J connectivity index is 2.21. The van der Waals surface area contributed by atoms with Gasteiger partial charge in [0, 0.05) is 0 Å². The van der Waals surface area contributed by atoms with Crippen molar-refractivity contribution in [3.05, 3.63) is 24.3 Å². The van der Waals surface area contributed by atoms with Crippen molar-refractivity contribution in [2.75, 3.05) is 0 Å². The average molecular weight is 205 g/mol. The van der Waals surface area contributed by atoms with Crippen LogP contribution in [0.2, 0.25) is 0 Å². The number of benzene rings is 1. The number of hydrogen-bond acceptors (Lipinski definition) is 3. The number of aromatic nitrogens is 3. The van der Waals surface area contributed by atoms with E-state index < -0.39 is 0 Å². The summed E-state index contributed by atoms with van der Waals surface area (Å²) in [7, 11) is 0. The van der Waals surface area contributed by atoms with Gasteiger partial charge in [0.1, 0.15) is 17.1 Å². The standard InChI is InChI=1S/C11H15N3O/c1-3-6-9(2)15-14-11-8-5-4-7-10(11)12-13-14/h4-5,7-9H,3,6H2,1-2H3. The van der Waals surface area contributed by atoms with Gasteiger partial charge in [0.25, 0.3) is 0 Å². The summed E-state index contributed by atoms with van der Waals surface area (Å²) in [6, 6.07) is 7.77. The van der Waals surface area contributed by atoms with Gasteiger partial charge in [-0.15, -0.1) is 5.10 Å². The molecule has 0 aliphatic rings. The predicted molar refractivity (Wildman–Crippen MR) is 58.5 cm³/mol. The molecule has 0 bridgehead atoms. The van der Waals surface area contributed by atoms with Crippen molar-refractivity contribution in [1.29, 1.82) is 0 Å². The van der Waals surface area contributed by atoms with Gasteiger partial charge in [-0.1, -0.05) is 30.3 Å². The summed E-state index contributed by atoms with van der Waals surface area (Å²) in [5.74, 6) is 0. The Morgan fingerprint density at radius 1 is 1.40 bits per heavy atom. The largest absolute Gasteiger partial charge is 0.392 e. The maximum absolute atomic E-state index is 5.65. The number of nitrogens with zero attached hydrogens (tertiary/aromatic N) is 3. The van der Waals surface area contributed by atoms with E-state index in [4.69, 9.17) is 4.84 Å². The summed E-state index contributed by atoms with van der Waals surface area (Å²) in [6.45, 7) is 4.18. The van der Waals surface area contributed by atoms with Crippen molar-refractivity contribution in [2.45, 2.75) is 32.8 Å². The lowest BCUT2D eigenvalue weighted by Crippen LogP contribution is -2.22. The molecule has 4 nitrogen and oxygen atoms in total. The van der Waals surface area contributed by atoms with Crippen molar-refractivity contribution in [3.63, 3.8) is 0 Å². The van der Waals surface area contributed by atoms with E-state index in [2.05, 4.69) is 17.2 Å². The highest BCUT2D eigenvalue weighted by Gasteiger charge is 2.07. The Hall–Kier alpha value is -1.58. The lowest BCUT2D eigenvalue weighted by molar-refractivity contribution is 0.0253. The minimum Gasteiger partial charge on any atom is -0.392 e. The van der Waals surface area contributed by atoms with Crippen LogP contribution in [0.1, 0.15) is 26.7 Å². The molecule has 2 aromatic rings. The average Bonchev–Trinajstić information content (AvgIpc) is 2.62. The smallest absolute Gasteiger partial charge is 0.130 e. The van der Waals surface area contributed by atoms with Crippen molar-refractivity contribution >= 4 is 11.0 Å². The molecule has 0 amide bonds. The maximum Gasteiger partial charge on any atom is 0.130 e. The third-order valence-electron chi connectivity index (χ3n) is 2.30. The molecule has 0 N–H and O–H groups in total. The minimum atomic E-state index is 0.167. The van der Waals surface area contributed by atoms with E-state index in [9.17, 15) is 0 Å². The molecule has 1 atom stereocenters. The quantitative estimate of drug-likeness (QED) is 0.767. The molecule has 1 unspecified atom stereocenters. The molecule has 0 aliphatic heterocycles. The van der Waals surface area contributed by atoms with Gasteiger partial charge in [-0.05, 0) is 30.7 Å². The Labute approximate surface area is 88.8 Å². The van der Waals surface area contributed by atoms with E-state index in [1.807, 2.05) is 31.2 Å². The van der Waals surface area contributed by atoms with Gasteiger partial charge in [0.2, 0.25) is 0 Å². The fraction of sp³-hybridized carbons (Fsp3) is 0.455. The van der Waals surface area contributed by atoms with Crippen LogP contribution in [0.15, 0.2) is 24.3 Å². The molecule has 0 spiro atoms. The molecule has 1 aromatic heterocycles. The maximum atomic E-state index is 5.65. The molecule has 4 heteroatoms. The SMILES string of the molecule is CCCC(C)On1nnc2ccccc21. The fourth-order valence-electron chi connectivity index (χ4n) is 1.55. The Morgan fingerprint density at radius 3 is 3.00 bits per heavy atom. The van der Waals surface area contributed by atoms with E-state index in [0.717, 1.165) is 23.9 Å². The molecular weight excluding hydrogens is 190 g/mol. The van der Waals surface area contributed by atoms with Gasteiger partial charge >= 0.3 is 0 Å². The minimum absolute atomic E-state index is 0.167. The topological polar surface area (TPSA) is 39.9 Å². The predicted octanol–water partition coefficient (Wildman–Crippen LogP) is 2.05. The van der Waals surface area contributed by atoms with Gasteiger partial charge in [0.05, 0.1) is 0 Å². The Morgan fingerprint density at radius 2 is 2.20 bits per heavy atom. The summed E-state index contributed by atoms with van der Waals surface area (Å²) < 4.78 is 0. The number of para-hydroxylation sites is 1. The molecule has 1 heterocycles. The molecule has 0 radical (unpaired) electrons. The highest BCUT2D eigenvalue weighted by molar-refractivity contribution is 5.73. The Bertz CT molecular complexity index is 438. The van der Waals surface area contributed by atoms with E-state index >= 15 is 0 Å². The van der Waals surface area contributed by atoms with Gasteiger partial charge in [-0.25, -0.2) is 0 Å².